The maximum atomic E-state index is 12.9. The Bertz CT molecular complexity index is 891. The van der Waals surface area contributed by atoms with Crippen LogP contribution in [-0.4, -0.2) is 75.3 Å². The molecule has 5 unspecified atom stereocenters. The first-order valence-electron chi connectivity index (χ1n) is 11.2. The SMILES string of the molecule is CC(C)C(NC(=O)C(NC(=O)C(CCC(=O)O)NC(=O)C(N)Cc1ccccc1)C(C)O)C(=O)O. The quantitative estimate of drug-likeness (QED) is 0.169. The average molecular weight is 495 g/mol. The van der Waals surface area contributed by atoms with Crippen LogP contribution < -0.4 is 21.7 Å². The minimum Gasteiger partial charge on any atom is -0.481 e. The van der Waals surface area contributed by atoms with Gasteiger partial charge in [0.1, 0.15) is 18.1 Å². The number of aliphatic carboxylic acids is 2. The van der Waals surface area contributed by atoms with Crippen LogP contribution in [0, 0.1) is 5.92 Å². The highest BCUT2D eigenvalue weighted by atomic mass is 16.4. The van der Waals surface area contributed by atoms with Crippen LogP contribution in [-0.2, 0) is 30.4 Å². The molecule has 0 spiro atoms. The number of rotatable bonds is 14. The zero-order valence-corrected chi connectivity index (χ0v) is 19.9. The Hall–Kier alpha value is -3.51. The van der Waals surface area contributed by atoms with Crippen LogP contribution in [0.3, 0.4) is 0 Å². The van der Waals surface area contributed by atoms with E-state index in [1.54, 1.807) is 44.2 Å². The molecule has 35 heavy (non-hydrogen) atoms. The molecule has 12 heteroatoms. The van der Waals surface area contributed by atoms with Crippen molar-refractivity contribution < 1.29 is 39.3 Å². The molecule has 0 saturated carbocycles. The third-order valence-electron chi connectivity index (χ3n) is 5.21. The van der Waals surface area contributed by atoms with Gasteiger partial charge in [-0.15, -0.1) is 0 Å². The van der Waals surface area contributed by atoms with E-state index < -0.39 is 72.3 Å². The molecule has 0 aliphatic carbocycles. The largest absolute Gasteiger partial charge is 0.481 e. The van der Waals surface area contributed by atoms with E-state index in [0.717, 1.165) is 5.56 Å². The van der Waals surface area contributed by atoms with E-state index >= 15 is 0 Å². The Labute approximate surface area is 203 Å². The highest BCUT2D eigenvalue weighted by molar-refractivity contribution is 5.94. The third-order valence-corrected chi connectivity index (χ3v) is 5.21. The second kappa shape index (κ2) is 14.0. The molecular formula is C23H34N4O8. The van der Waals surface area contributed by atoms with Crippen molar-refractivity contribution in [2.45, 2.75) is 70.3 Å². The number of carbonyl (C=O) groups excluding carboxylic acids is 3. The molecule has 1 rings (SSSR count). The predicted molar refractivity (Wildman–Crippen MR) is 125 cm³/mol. The number of amides is 3. The van der Waals surface area contributed by atoms with Gasteiger partial charge in [-0.3, -0.25) is 19.2 Å². The van der Waals surface area contributed by atoms with Crippen molar-refractivity contribution in [3.8, 4) is 0 Å². The molecule has 0 radical (unpaired) electrons. The van der Waals surface area contributed by atoms with Gasteiger partial charge in [-0.2, -0.15) is 0 Å². The predicted octanol–water partition coefficient (Wildman–Crippen LogP) is -1.00. The summed E-state index contributed by atoms with van der Waals surface area (Å²) in [5.41, 5.74) is 6.73. The molecule has 0 aliphatic rings. The average Bonchev–Trinajstić information content (AvgIpc) is 2.77. The molecule has 0 aromatic heterocycles. The summed E-state index contributed by atoms with van der Waals surface area (Å²) in [5.74, 6) is -5.55. The van der Waals surface area contributed by atoms with Crippen LogP contribution in [0.1, 0.15) is 39.2 Å². The van der Waals surface area contributed by atoms with E-state index in [9.17, 15) is 34.2 Å². The van der Waals surface area contributed by atoms with Crippen LogP contribution in [0.2, 0.25) is 0 Å². The number of aliphatic hydroxyl groups excluding tert-OH is 1. The highest BCUT2D eigenvalue weighted by Crippen LogP contribution is 2.07. The summed E-state index contributed by atoms with van der Waals surface area (Å²) in [6.07, 6.45) is -2.02. The molecule has 12 nitrogen and oxygen atoms in total. The fourth-order valence-electron chi connectivity index (χ4n) is 3.19. The van der Waals surface area contributed by atoms with Gasteiger partial charge in [0, 0.05) is 6.42 Å². The van der Waals surface area contributed by atoms with Crippen molar-refractivity contribution in [2.24, 2.45) is 11.7 Å². The molecule has 3 amide bonds. The lowest BCUT2D eigenvalue weighted by Crippen LogP contribution is -2.60. The standard InChI is InChI=1S/C23H34N4O8/c1-12(2)18(23(34)35)26-22(33)19(13(3)28)27-21(32)16(9-10-17(29)30)25-20(31)15(24)11-14-7-5-4-6-8-14/h4-8,12-13,15-16,18-19,28H,9-11,24H2,1-3H3,(H,25,31)(H,26,33)(H,27,32)(H,29,30)(H,34,35). The highest BCUT2D eigenvalue weighted by Gasteiger charge is 2.33. The number of carboxylic acids is 2. The Morgan fingerprint density at radius 3 is 1.91 bits per heavy atom. The van der Waals surface area contributed by atoms with Crippen LogP contribution in [0.25, 0.3) is 0 Å². The Kier molecular flexibility index (Phi) is 11.8. The van der Waals surface area contributed by atoms with Gasteiger partial charge in [0.25, 0.3) is 0 Å². The maximum Gasteiger partial charge on any atom is 0.326 e. The number of nitrogens with one attached hydrogen (secondary N) is 3. The number of nitrogens with two attached hydrogens (primary N) is 1. The Morgan fingerprint density at radius 2 is 1.43 bits per heavy atom. The first kappa shape index (κ1) is 29.5. The Morgan fingerprint density at radius 1 is 0.857 bits per heavy atom. The van der Waals surface area contributed by atoms with Gasteiger partial charge in [0.15, 0.2) is 0 Å². The topological polar surface area (TPSA) is 208 Å². The first-order chi connectivity index (χ1) is 16.3. The first-order valence-corrected chi connectivity index (χ1v) is 11.2. The summed E-state index contributed by atoms with van der Waals surface area (Å²) in [4.78, 5) is 60.5. The van der Waals surface area contributed by atoms with E-state index in [1.165, 1.54) is 6.92 Å². The van der Waals surface area contributed by atoms with Crippen LogP contribution >= 0.6 is 0 Å². The van der Waals surface area contributed by atoms with Crippen LogP contribution in [0.15, 0.2) is 30.3 Å². The molecule has 1 aromatic rings. The number of carboxylic acid groups (broad SMARTS) is 2. The summed E-state index contributed by atoms with van der Waals surface area (Å²) in [6, 6.07) is 3.69. The Balaban J connectivity index is 2.96. The molecule has 0 saturated heterocycles. The zero-order chi connectivity index (χ0) is 26.7. The second-order valence-electron chi connectivity index (χ2n) is 8.59. The van der Waals surface area contributed by atoms with Crippen molar-refractivity contribution in [1.29, 1.82) is 0 Å². The number of hydrogen-bond acceptors (Lipinski definition) is 7. The van der Waals surface area contributed by atoms with Gasteiger partial charge in [-0.25, -0.2) is 4.79 Å². The molecular weight excluding hydrogens is 460 g/mol. The van der Waals surface area contributed by atoms with Crippen molar-refractivity contribution in [3.05, 3.63) is 35.9 Å². The number of hydrogen-bond donors (Lipinski definition) is 7. The monoisotopic (exact) mass is 494 g/mol. The lowest BCUT2D eigenvalue weighted by atomic mass is 10.0. The lowest BCUT2D eigenvalue weighted by molar-refractivity contribution is -0.144. The zero-order valence-electron chi connectivity index (χ0n) is 19.9. The van der Waals surface area contributed by atoms with E-state index in [0.29, 0.717) is 0 Å². The van der Waals surface area contributed by atoms with Crippen molar-refractivity contribution in [1.82, 2.24) is 16.0 Å². The molecule has 0 fully saturated rings. The van der Waals surface area contributed by atoms with Crippen molar-refractivity contribution >= 4 is 29.7 Å². The van der Waals surface area contributed by atoms with E-state index in [2.05, 4.69) is 16.0 Å². The van der Waals surface area contributed by atoms with E-state index in [4.69, 9.17) is 10.8 Å². The summed E-state index contributed by atoms with van der Waals surface area (Å²) in [5, 5.41) is 35.3. The fraction of sp³-hybridized carbons (Fsp3) is 0.522. The second-order valence-corrected chi connectivity index (χ2v) is 8.59. The van der Waals surface area contributed by atoms with Crippen molar-refractivity contribution in [2.75, 3.05) is 0 Å². The molecule has 1 aromatic carbocycles. The summed E-state index contributed by atoms with van der Waals surface area (Å²) >= 11 is 0. The number of benzene rings is 1. The maximum absolute atomic E-state index is 12.9. The van der Waals surface area contributed by atoms with Gasteiger partial charge in [-0.05, 0) is 31.2 Å². The molecule has 8 N–H and O–H groups in total. The minimum absolute atomic E-state index is 0.171. The number of carbonyl (C=O) groups is 5. The van der Waals surface area contributed by atoms with Crippen LogP contribution in [0.5, 0.6) is 0 Å². The summed E-state index contributed by atoms with van der Waals surface area (Å²) in [7, 11) is 0. The molecule has 5 atom stereocenters. The third kappa shape index (κ3) is 10.1. The van der Waals surface area contributed by atoms with Crippen LogP contribution in [0.4, 0.5) is 0 Å². The van der Waals surface area contributed by atoms with E-state index in [1.807, 2.05) is 0 Å². The van der Waals surface area contributed by atoms with Gasteiger partial charge in [0.05, 0.1) is 12.1 Å². The van der Waals surface area contributed by atoms with Gasteiger partial charge in [0.2, 0.25) is 17.7 Å². The summed E-state index contributed by atoms with van der Waals surface area (Å²) in [6.45, 7) is 4.37. The fourth-order valence-corrected chi connectivity index (χ4v) is 3.19. The molecule has 194 valence electrons. The minimum atomic E-state index is -1.55. The normalized spacial score (nSPS) is 15.3. The summed E-state index contributed by atoms with van der Waals surface area (Å²) < 4.78 is 0. The molecule has 0 heterocycles. The lowest BCUT2D eigenvalue weighted by Gasteiger charge is -2.27. The van der Waals surface area contributed by atoms with Gasteiger partial charge < -0.3 is 37.0 Å². The van der Waals surface area contributed by atoms with Gasteiger partial charge >= 0.3 is 11.9 Å². The smallest absolute Gasteiger partial charge is 0.326 e. The van der Waals surface area contributed by atoms with E-state index in [-0.39, 0.29) is 12.8 Å². The molecule has 0 bridgehead atoms. The molecule has 0 aliphatic heterocycles. The van der Waals surface area contributed by atoms with Crippen molar-refractivity contribution in [3.63, 3.8) is 0 Å². The van der Waals surface area contributed by atoms with Gasteiger partial charge in [-0.1, -0.05) is 44.2 Å². The number of aliphatic hydroxyl groups is 1.